The summed E-state index contributed by atoms with van der Waals surface area (Å²) in [6.45, 7) is 7.23. The lowest BCUT2D eigenvalue weighted by atomic mass is 10.00. The number of carbonyl (C=O) groups excluding carboxylic acids is 1. The maximum atomic E-state index is 11.4. The van der Waals surface area contributed by atoms with Crippen LogP contribution in [0.15, 0.2) is 29.5 Å². The van der Waals surface area contributed by atoms with Crippen LogP contribution in [0.2, 0.25) is 0 Å². The number of benzene rings is 1. The van der Waals surface area contributed by atoms with Gasteiger partial charge in [-0.15, -0.1) is 5.73 Å². The fourth-order valence-corrected chi connectivity index (χ4v) is 2.33. The first-order valence-corrected chi connectivity index (χ1v) is 7.99. The van der Waals surface area contributed by atoms with Crippen molar-refractivity contribution in [3.63, 3.8) is 0 Å². The zero-order valence-corrected chi connectivity index (χ0v) is 14.7. The summed E-state index contributed by atoms with van der Waals surface area (Å²) >= 11 is 0. The van der Waals surface area contributed by atoms with Crippen molar-refractivity contribution in [2.24, 2.45) is 0 Å². The molecular formula is C19H26O5. The van der Waals surface area contributed by atoms with Gasteiger partial charge in [0.2, 0.25) is 0 Å². The van der Waals surface area contributed by atoms with Gasteiger partial charge in [-0.25, -0.2) is 4.79 Å². The molecule has 3 N–H and O–H groups in total. The average Bonchev–Trinajstić information content (AvgIpc) is 2.52. The maximum absolute atomic E-state index is 11.4. The largest absolute Gasteiger partial charge is 0.507 e. The SMILES string of the molecule is CCOC(=O)[C@H](O)CC(C)=C=CC[C@@H](O)c1cc(C)c(O)c(C)c1. The molecule has 0 aliphatic rings. The molecule has 0 aliphatic heterocycles. The van der Waals surface area contributed by atoms with Crippen molar-refractivity contribution >= 4 is 5.97 Å². The lowest BCUT2D eigenvalue weighted by molar-refractivity contribution is -0.152. The highest BCUT2D eigenvalue weighted by Gasteiger charge is 2.16. The van der Waals surface area contributed by atoms with Crippen molar-refractivity contribution in [3.05, 3.63) is 46.2 Å². The molecule has 0 aromatic heterocycles. The Bertz CT molecular complexity index is 618. The Kier molecular flexibility index (Phi) is 7.72. The van der Waals surface area contributed by atoms with E-state index in [1.807, 2.05) is 0 Å². The van der Waals surface area contributed by atoms with Crippen LogP contribution in [0.5, 0.6) is 5.75 Å². The number of esters is 1. The van der Waals surface area contributed by atoms with Crippen molar-refractivity contribution in [1.29, 1.82) is 0 Å². The van der Waals surface area contributed by atoms with Crippen LogP contribution in [0.4, 0.5) is 0 Å². The topological polar surface area (TPSA) is 87.0 Å². The van der Waals surface area contributed by atoms with E-state index < -0.39 is 18.2 Å². The summed E-state index contributed by atoms with van der Waals surface area (Å²) in [5, 5.41) is 29.7. The number of rotatable bonds is 7. The number of hydrogen-bond acceptors (Lipinski definition) is 5. The number of ether oxygens (including phenoxy) is 1. The highest BCUT2D eigenvalue weighted by Crippen LogP contribution is 2.27. The van der Waals surface area contributed by atoms with E-state index in [0.29, 0.717) is 12.0 Å². The first kappa shape index (κ1) is 20.0. The van der Waals surface area contributed by atoms with Gasteiger partial charge in [0.15, 0.2) is 6.10 Å². The van der Waals surface area contributed by atoms with Gasteiger partial charge in [0.25, 0.3) is 0 Å². The molecule has 2 atom stereocenters. The molecule has 132 valence electrons. The second-order valence-electron chi connectivity index (χ2n) is 5.86. The third kappa shape index (κ3) is 5.85. The molecule has 24 heavy (non-hydrogen) atoms. The molecule has 1 aromatic carbocycles. The zero-order valence-electron chi connectivity index (χ0n) is 14.7. The Hall–Kier alpha value is -2.07. The number of aliphatic hydroxyl groups excluding tert-OH is 2. The Morgan fingerprint density at radius 3 is 2.42 bits per heavy atom. The molecular weight excluding hydrogens is 308 g/mol. The summed E-state index contributed by atoms with van der Waals surface area (Å²) in [5.74, 6) is -0.404. The second kappa shape index (κ2) is 9.28. The fourth-order valence-electron chi connectivity index (χ4n) is 2.33. The van der Waals surface area contributed by atoms with Crippen LogP contribution >= 0.6 is 0 Å². The first-order valence-electron chi connectivity index (χ1n) is 7.99. The lowest BCUT2D eigenvalue weighted by Crippen LogP contribution is -2.23. The molecule has 0 saturated heterocycles. The summed E-state index contributed by atoms with van der Waals surface area (Å²) in [4.78, 5) is 11.4. The minimum Gasteiger partial charge on any atom is -0.507 e. The number of aromatic hydroxyl groups is 1. The average molecular weight is 334 g/mol. The number of phenolic OH excluding ortho intramolecular Hbond substituents is 1. The van der Waals surface area contributed by atoms with E-state index in [1.165, 1.54) is 0 Å². The van der Waals surface area contributed by atoms with E-state index >= 15 is 0 Å². The van der Waals surface area contributed by atoms with E-state index in [-0.39, 0.29) is 18.8 Å². The lowest BCUT2D eigenvalue weighted by Gasteiger charge is -2.12. The van der Waals surface area contributed by atoms with Crippen LogP contribution in [0.25, 0.3) is 0 Å². The van der Waals surface area contributed by atoms with Crippen LogP contribution in [0, 0.1) is 13.8 Å². The third-order valence-corrected chi connectivity index (χ3v) is 3.65. The summed E-state index contributed by atoms with van der Waals surface area (Å²) in [5.41, 5.74) is 5.83. The monoisotopic (exact) mass is 334 g/mol. The molecule has 0 amide bonds. The van der Waals surface area contributed by atoms with Gasteiger partial charge in [-0.3, -0.25) is 0 Å². The van der Waals surface area contributed by atoms with Gasteiger partial charge >= 0.3 is 5.97 Å². The predicted molar refractivity (Wildman–Crippen MR) is 91.7 cm³/mol. The van der Waals surface area contributed by atoms with Crippen molar-refractivity contribution in [2.45, 2.75) is 52.7 Å². The number of aryl methyl sites for hydroxylation is 2. The van der Waals surface area contributed by atoms with E-state index in [0.717, 1.165) is 16.7 Å². The minimum atomic E-state index is -1.20. The van der Waals surface area contributed by atoms with Crippen LogP contribution in [-0.4, -0.2) is 34.0 Å². The maximum Gasteiger partial charge on any atom is 0.335 e. The molecule has 0 spiro atoms. The van der Waals surface area contributed by atoms with E-state index in [1.54, 1.807) is 45.9 Å². The molecule has 0 fully saturated rings. The summed E-state index contributed by atoms with van der Waals surface area (Å²) in [6.07, 6.45) is 0.255. The molecule has 0 unspecified atom stereocenters. The first-order chi connectivity index (χ1) is 11.3. The Morgan fingerprint density at radius 2 is 1.88 bits per heavy atom. The van der Waals surface area contributed by atoms with Crippen molar-refractivity contribution in [2.75, 3.05) is 6.61 Å². The molecule has 1 aromatic rings. The molecule has 5 heteroatoms. The number of carbonyl (C=O) groups is 1. The van der Waals surface area contributed by atoms with Crippen LogP contribution in [-0.2, 0) is 9.53 Å². The van der Waals surface area contributed by atoms with Crippen LogP contribution < -0.4 is 0 Å². The smallest absolute Gasteiger partial charge is 0.335 e. The van der Waals surface area contributed by atoms with Gasteiger partial charge in [0.05, 0.1) is 12.7 Å². The molecule has 0 bridgehead atoms. The van der Waals surface area contributed by atoms with E-state index in [2.05, 4.69) is 5.73 Å². The molecule has 0 saturated carbocycles. The normalized spacial score (nSPS) is 12.9. The summed E-state index contributed by atoms with van der Waals surface area (Å²) in [7, 11) is 0. The highest BCUT2D eigenvalue weighted by molar-refractivity contribution is 5.74. The van der Waals surface area contributed by atoms with Crippen molar-refractivity contribution in [1.82, 2.24) is 0 Å². The van der Waals surface area contributed by atoms with E-state index in [4.69, 9.17) is 4.74 Å². The van der Waals surface area contributed by atoms with Crippen molar-refractivity contribution in [3.8, 4) is 5.75 Å². The van der Waals surface area contributed by atoms with Crippen LogP contribution in [0.3, 0.4) is 0 Å². The van der Waals surface area contributed by atoms with Gasteiger partial charge in [0, 0.05) is 12.8 Å². The standard InChI is InChI=1S/C19H26O5/c1-5-24-19(23)17(21)9-12(2)7-6-8-16(20)15-10-13(3)18(22)14(4)11-15/h6,10-11,16-17,20-22H,5,8-9H2,1-4H3/t7?,16-,17-/m1/s1. The zero-order chi connectivity index (χ0) is 18.3. The summed E-state index contributed by atoms with van der Waals surface area (Å²) < 4.78 is 4.74. The predicted octanol–water partition coefficient (Wildman–Crippen LogP) is 2.85. The quantitative estimate of drug-likeness (QED) is 0.527. The summed E-state index contributed by atoms with van der Waals surface area (Å²) in [6, 6.07) is 3.50. The number of phenols is 1. The Labute approximate surface area is 142 Å². The Balaban J connectivity index is 2.69. The molecule has 0 aliphatic carbocycles. The highest BCUT2D eigenvalue weighted by atomic mass is 16.5. The third-order valence-electron chi connectivity index (χ3n) is 3.65. The molecule has 1 rings (SSSR count). The fraction of sp³-hybridized carbons (Fsp3) is 0.474. The van der Waals surface area contributed by atoms with Crippen molar-refractivity contribution < 1.29 is 24.9 Å². The molecule has 0 radical (unpaired) electrons. The molecule has 5 nitrogen and oxygen atoms in total. The minimum absolute atomic E-state index is 0.142. The van der Waals surface area contributed by atoms with E-state index in [9.17, 15) is 20.1 Å². The van der Waals surface area contributed by atoms with Gasteiger partial charge in [-0.1, -0.05) is 0 Å². The van der Waals surface area contributed by atoms with Crippen LogP contribution in [0.1, 0.15) is 49.5 Å². The Morgan fingerprint density at radius 1 is 1.29 bits per heavy atom. The number of hydrogen-bond donors (Lipinski definition) is 3. The molecule has 0 heterocycles. The van der Waals surface area contributed by atoms with Gasteiger partial charge in [0.1, 0.15) is 5.75 Å². The van der Waals surface area contributed by atoms with Gasteiger partial charge in [-0.2, -0.15) is 0 Å². The second-order valence-corrected chi connectivity index (χ2v) is 5.86. The number of aliphatic hydroxyl groups is 2. The van der Waals surface area contributed by atoms with Gasteiger partial charge < -0.3 is 20.1 Å². The van der Waals surface area contributed by atoms with Gasteiger partial charge in [-0.05, 0) is 68.2 Å².